The second-order valence-corrected chi connectivity index (χ2v) is 7.73. The molecule has 0 aromatic carbocycles. The van der Waals surface area contributed by atoms with Crippen LogP contribution in [0, 0.1) is 5.41 Å². The summed E-state index contributed by atoms with van der Waals surface area (Å²) in [5.74, 6) is 0. The highest BCUT2D eigenvalue weighted by Gasteiger charge is 2.32. The van der Waals surface area contributed by atoms with Gasteiger partial charge in [0.05, 0.1) is 10.7 Å². The zero-order chi connectivity index (χ0) is 13.4. The molecule has 1 aliphatic rings. The molecule has 0 aliphatic carbocycles. The molecule has 0 bridgehead atoms. The minimum absolute atomic E-state index is 0. The van der Waals surface area contributed by atoms with Gasteiger partial charge in [0.25, 0.3) is 0 Å². The predicted molar refractivity (Wildman–Crippen MR) is 85.1 cm³/mol. The lowest BCUT2D eigenvalue weighted by atomic mass is 9.90. The van der Waals surface area contributed by atoms with E-state index in [9.17, 15) is 0 Å². The van der Waals surface area contributed by atoms with E-state index in [1.807, 2.05) is 0 Å². The van der Waals surface area contributed by atoms with E-state index in [4.69, 9.17) is 10.7 Å². The third-order valence-electron chi connectivity index (χ3n) is 3.71. The molecule has 0 saturated carbocycles. The van der Waals surface area contributed by atoms with Crippen LogP contribution in [0.4, 0.5) is 0 Å². The molecule has 1 aromatic heterocycles. The van der Waals surface area contributed by atoms with Crippen LogP contribution in [0.5, 0.6) is 0 Å². The van der Waals surface area contributed by atoms with Gasteiger partial charge in [-0.2, -0.15) is 0 Å². The third-order valence-corrected chi connectivity index (χ3v) is 5.03. The highest BCUT2D eigenvalue weighted by Crippen LogP contribution is 2.30. The van der Waals surface area contributed by atoms with Gasteiger partial charge in [-0.15, -0.1) is 23.7 Å². The number of aromatic nitrogens is 1. The number of nitrogens with zero attached hydrogens (tertiary/aromatic N) is 2. The highest BCUT2D eigenvalue weighted by atomic mass is 35.5. The van der Waals surface area contributed by atoms with Crippen molar-refractivity contribution in [2.45, 2.75) is 46.1 Å². The second kappa shape index (κ2) is 6.08. The fourth-order valence-electron chi connectivity index (χ4n) is 2.38. The summed E-state index contributed by atoms with van der Waals surface area (Å²) < 4.78 is 0. The maximum atomic E-state index is 5.84. The monoisotopic (exact) mass is 303 g/mol. The molecule has 0 radical (unpaired) electrons. The Bertz CT molecular complexity index is 413. The molecule has 1 unspecified atom stereocenters. The van der Waals surface area contributed by atoms with Gasteiger partial charge in [0, 0.05) is 23.9 Å². The lowest BCUT2D eigenvalue weighted by molar-refractivity contribution is 0.272. The average molecular weight is 304 g/mol. The lowest BCUT2D eigenvalue weighted by Crippen LogP contribution is -2.31. The van der Waals surface area contributed by atoms with Crippen LogP contribution in [-0.2, 0) is 12.0 Å². The Morgan fingerprint density at radius 3 is 2.63 bits per heavy atom. The fourth-order valence-corrected chi connectivity index (χ4v) is 3.28. The first-order chi connectivity index (χ1) is 8.32. The van der Waals surface area contributed by atoms with E-state index in [-0.39, 0.29) is 17.8 Å². The van der Waals surface area contributed by atoms with E-state index < -0.39 is 0 Å². The average Bonchev–Trinajstić information content (AvgIpc) is 2.86. The molecule has 2 rings (SSSR count). The molecule has 1 aliphatic heterocycles. The maximum absolute atomic E-state index is 5.84. The van der Waals surface area contributed by atoms with Crippen molar-refractivity contribution in [2.24, 2.45) is 11.1 Å². The van der Waals surface area contributed by atoms with E-state index in [1.54, 1.807) is 11.3 Å². The topological polar surface area (TPSA) is 42.1 Å². The lowest BCUT2D eigenvalue weighted by Gasteiger charge is -2.22. The van der Waals surface area contributed by atoms with Crippen LogP contribution in [0.1, 0.15) is 44.8 Å². The van der Waals surface area contributed by atoms with E-state index in [2.05, 4.69) is 38.0 Å². The van der Waals surface area contributed by atoms with Crippen molar-refractivity contribution in [3.8, 4) is 0 Å². The van der Waals surface area contributed by atoms with Gasteiger partial charge >= 0.3 is 0 Å². The first-order valence-corrected chi connectivity index (χ1v) is 7.58. The van der Waals surface area contributed by atoms with Gasteiger partial charge in [-0.25, -0.2) is 4.98 Å². The Balaban J connectivity index is 0.00000180. The molecule has 5 heteroatoms. The molecule has 1 fully saturated rings. The molecule has 110 valence electrons. The summed E-state index contributed by atoms with van der Waals surface area (Å²) in [4.78, 5) is 7.24. The maximum Gasteiger partial charge on any atom is 0.0982 e. The molecular weight excluding hydrogens is 278 g/mol. The largest absolute Gasteiger partial charge is 0.330 e. The minimum atomic E-state index is 0. The molecule has 1 saturated heterocycles. The van der Waals surface area contributed by atoms with Crippen LogP contribution in [0.2, 0.25) is 0 Å². The summed E-state index contributed by atoms with van der Waals surface area (Å²) in [5, 5.41) is 3.44. The van der Waals surface area contributed by atoms with Gasteiger partial charge in [-0.3, -0.25) is 4.90 Å². The van der Waals surface area contributed by atoms with Gasteiger partial charge in [0.2, 0.25) is 0 Å². The molecular formula is C14H26ClN3S. The van der Waals surface area contributed by atoms with E-state index in [1.165, 1.54) is 17.1 Å². The number of hydrogen-bond acceptors (Lipinski definition) is 4. The number of thiazole rings is 1. The number of likely N-dealkylation sites (tertiary alicyclic amines) is 1. The Morgan fingerprint density at radius 1 is 1.47 bits per heavy atom. The van der Waals surface area contributed by atoms with Crippen molar-refractivity contribution in [3.05, 3.63) is 16.1 Å². The zero-order valence-electron chi connectivity index (χ0n) is 12.4. The van der Waals surface area contributed by atoms with Crippen molar-refractivity contribution < 1.29 is 0 Å². The molecule has 2 heterocycles. The first-order valence-electron chi connectivity index (χ1n) is 6.70. The van der Waals surface area contributed by atoms with Crippen LogP contribution in [0.3, 0.4) is 0 Å². The highest BCUT2D eigenvalue weighted by molar-refractivity contribution is 7.09. The quantitative estimate of drug-likeness (QED) is 0.933. The van der Waals surface area contributed by atoms with Gasteiger partial charge in [0.1, 0.15) is 0 Å². The molecule has 0 amide bonds. The number of rotatable bonds is 3. The third kappa shape index (κ3) is 4.15. The van der Waals surface area contributed by atoms with Gasteiger partial charge in [-0.05, 0) is 24.9 Å². The second-order valence-electron chi connectivity index (χ2n) is 6.87. The summed E-state index contributed by atoms with van der Waals surface area (Å²) in [5.41, 5.74) is 7.53. The standard InChI is InChI=1S/C14H25N3S.ClH/c1-13(2,3)12-16-11(8-18-12)7-17-6-5-14(4,9-15)10-17;/h8H,5-7,9-10,15H2,1-4H3;1H. The number of halogens is 1. The van der Waals surface area contributed by atoms with Gasteiger partial charge in [0.15, 0.2) is 0 Å². The molecule has 19 heavy (non-hydrogen) atoms. The van der Waals surface area contributed by atoms with Crippen molar-refractivity contribution in [1.29, 1.82) is 0 Å². The smallest absolute Gasteiger partial charge is 0.0982 e. The van der Waals surface area contributed by atoms with E-state index in [0.29, 0.717) is 5.41 Å². The minimum Gasteiger partial charge on any atom is -0.330 e. The van der Waals surface area contributed by atoms with E-state index >= 15 is 0 Å². The summed E-state index contributed by atoms with van der Waals surface area (Å²) in [6, 6.07) is 0. The Hall–Kier alpha value is -0.160. The fraction of sp³-hybridized carbons (Fsp3) is 0.786. The van der Waals surface area contributed by atoms with Gasteiger partial charge in [-0.1, -0.05) is 27.7 Å². The molecule has 1 aromatic rings. The summed E-state index contributed by atoms with van der Waals surface area (Å²) in [7, 11) is 0. The summed E-state index contributed by atoms with van der Waals surface area (Å²) >= 11 is 1.78. The molecule has 2 N–H and O–H groups in total. The van der Waals surface area contributed by atoms with Crippen molar-refractivity contribution >= 4 is 23.7 Å². The van der Waals surface area contributed by atoms with Crippen LogP contribution in [-0.4, -0.2) is 29.5 Å². The number of hydrogen-bond donors (Lipinski definition) is 1. The molecule has 3 nitrogen and oxygen atoms in total. The van der Waals surface area contributed by atoms with Crippen molar-refractivity contribution in [2.75, 3.05) is 19.6 Å². The predicted octanol–water partition coefficient (Wildman–Crippen LogP) is 3.03. The van der Waals surface area contributed by atoms with Crippen LogP contribution in [0.25, 0.3) is 0 Å². The molecule has 0 spiro atoms. The zero-order valence-corrected chi connectivity index (χ0v) is 14.0. The SMILES string of the molecule is CC1(CN)CCN(Cc2csc(C(C)(C)C)n2)C1.Cl. The Labute approximate surface area is 127 Å². The summed E-state index contributed by atoms with van der Waals surface area (Å²) in [6.07, 6.45) is 1.21. The molecule has 1 atom stereocenters. The van der Waals surface area contributed by atoms with Gasteiger partial charge < -0.3 is 5.73 Å². The normalized spacial score (nSPS) is 24.5. The van der Waals surface area contributed by atoms with Crippen LogP contribution in [0.15, 0.2) is 5.38 Å². The van der Waals surface area contributed by atoms with Crippen LogP contribution < -0.4 is 5.73 Å². The van der Waals surface area contributed by atoms with Crippen molar-refractivity contribution in [1.82, 2.24) is 9.88 Å². The van der Waals surface area contributed by atoms with Crippen molar-refractivity contribution in [3.63, 3.8) is 0 Å². The van der Waals surface area contributed by atoms with E-state index in [0.717, 1.165) is 26.2 Å². The Kier molecular flexibility index (Phi) is 5.41. The Morgan fingerprint density at radius 2 is 2.16 bits per heavy atom. The first kappa shape index (κ1) is 16.9. The van der Waals surface area contributed by atoms with Crippen LogP contribution >= 0.6 is 23.7 Å². The number of nitrogens with two attached hydrogens (primary N) is 1. The summed E-state index contributed by atoms with van der Waals surface area (Å²) in [6.45, 7) is 13.0.